The van der Waals surface area contributed by atoms with Crippen LogP contribution >= 0.6 is 0 Å². The van der Waals surface area contributed by atoms with Crippen molar-refractivity contribution in [2.75, 3.05) is 19.0 Å². The molecular weight excluding hydrogens is 266 g/mol. The summed E-state index contributed by atoms with van der Waals surface area (Å²) in [6.07, 6.45) is 0.441. The summed E-state index contributed by atoms with van der Waals surface area (Å²) in [6.45, 7) is 2.09. The third-order valence-electron chi connectivity index (χ3n) is 2.46. The zero-order valence-electron chi connectivity index (χ0n) is 11.0. The molecule has 0 radical (unpaired) electrons. The Hall–Kier alpha value is -2.71. The summed E-state index contributed by atoms with van der Waals surface area (Å²) in [7, 11) is 1.44. The summed E-state index contributed by atoms with van der Waals surface area (Å²) >= 11 is 0. The van der Waals surface area contributed by atoms with Crippen LogP contribution in [0.15, 0.2) is 16.7 Å². The van der Waals surface area contributed by atoms with E-state index in [0.717, 1.165) is 0 Å². The summed E-state index contributed by atoms with van der Waals surface area (Å²) in [5, 5.41) is 17.4. The highest BCUT2D eigenvalue weighted by Gasteiger charge is 2.16. The van der Waals surface area contributed by atoms with Crippen molar-refractivity contribution in [3.63, 3.8) is 0 Å². The van der Waals surface area contributed by atoms with E-state index >= 15 is 0 Å². The highest BCUT2D eigenvalue weighted by Crippen LogP contribution is 2.24. The van der Waals surface area contributed by atoms with Gasteiger partial charge in [-0.05, 0) is 6.92 Å². The van der Waals surface area contributed by atoms with Crippen molar-refractivity contribution in [1.82, 2.24) is 15.1 Å². The van der Waals surface area contributed by atoms with Crippen LogP contribution in [-0.2, 0) is 6.42 Å². The highest BCUT2D eigenvalue weighted by atomic mass is 16.6. The van der Waals surface area contributed by atoms with Crippen LogP contribution in [0, 0.1) is 17.0 Å². The van der Waals surface area contributed by atoms with Gasteiger partial charge in [0.15, 0.2) is 5.82 Å². The first-order valence-electron chi connectivity index (χ1n) is 5.82. The average molecular weight is 279 g/mol. The Balaban J connectivity index is 2.05. The van der Waals surface area contributed by atoms with E-state index in [1.54, 1.807) is 6.92 Å². The molecule has 0 aliphatic rings. The third-order valence-corrected chi connectivity index (χ3v) is 2.46. The Kier molecular flexibility index (Phi) is 4.08. The van der Waals surface area contributed by atoms with Crippen molar-refractivity contribution in [3.8, 4) is 5.88 Å². The number of aromatic nitrogens is 3. The number of anilines is 1. The number of ether oxygens (including phenoxy) is 1. The quantitative estimate of drug-likeness (QED) is 0.622. The fraction of sp³-hybridized carbons (Fsp3) is 0.364. The average Bonchev–Trinajstić information content (AvgIpc) is 2.84. The Labute approximate surface area is 114 Å². The molecule has 0 saturated carbocycles. The molecule has 2 aromatic rings. The van der Waals surface area contributed by atoms with Crippen LogP contribution in [0.3, 0.4) is 0 Å². The van der Waals surface area contributed by atoms with E-state index < -0.39 is 4.92 Å². The maximum atomic E-state index is 10.9. The molecule has 9 heteroatoms. The molecule has 0 saturated heterocycles. The lowest BCUT2D eigenvalue weighted by Gasteiger charge is -2.06. The SMILES string of the molecule is COc1ccc([N+](=O)[O-])c(NCCc2nc(C)no2)n1. The van der Waals surface area contributed by atoms with Crippen molar-refractivity contribution in [2.24, 2.45) is 0 Å². The van der Waals surface area contributed by atoms with E-state index in [2.05, 4.69) is 20.4 Å². The Morgan fingerprint density at radius 3 is 2.85 bits per heavy atom. The van der Waals surface area contributed by atoms with E-state index in [4.69, 9.17) is 9.26 Å². The normalized spacial score (nSPS) is 10.3. The first kappa shape index (κ1) is 13.7. The topological polar surface area (TPSA) is 116 Å². The molecule has 0 aliphatic heterocycles. The van der Waals surface area contributed by atoms with E-state index in [1.165, 1.54) is 19.2 Å². The molecule has 0 fully saturated rings. The van der Waals surface area contributed by atoms with Gasteiger partial charge in [-0.2, -0.15) is 9.97 Å². The lowest BCUT2D eigenvalue weighted by Crippen LogP contribution is -2.09. The van der Waals surface area contributed by atoms with E-state index in [9.17, 15) is 10.1 Å². The van der Waals surface area contributed by atoms with E-state index in [-0.39, 0.29) is 11.5 Å². The second-order valence-electron chi connectivity index (χ2n) is 3.89. The number of hydrogen-bond acceptors (Lipinski definition) is 8. The number of methoxy groups -OCH3 is 1. The summed E-state index contributed by atoms with van der Waals surface area (Å²) in [6, 6.07) is 2.77. The number of hydrogen-bond donors (Lipinski definition) is 1. The minimum Gasteiger partial charge on any atom is -0.481 e. The summed E-state index contributed by atoms with van der Waals surface area (Å²) in [5.41, 5.74) is -0.118. The van der Waals surface area contributed by atoms with E-state index in [1.807, 2.05) is 0 Å². The lowest BCUT2D eigenvalue weighted by atomic mass is 10.3. The minimum absolute atomic E-state index is 0.118. The highest BCUT2D eigenvalue weighted by molar-refractivity contribution is 5.57. The predicted octanol–water partition coefficient (Wildman–Crippen LogP) is 1.34. The van der Waals surface area contributed by atoms with Crippen LogP contribution in [0.1, 0.15) is 11.7 Å². The number of pyridine rings is 1. The molecule has 2 rings (SSSR count). The van der Waals surface area contributed by atoms with E-state index in [0.29, 0.717) is 30.6 Å². The van der Waals surface area contributed by atoms with Crippen molar-refractivity contribution >= 4 is 11.5 Å². The van der Waals surface area contributed by atoms with Gasteiger partial charge in [0.1, 0.15) is 0 Å². The number of nitrogens with one attached hydrogen (secondary N) is 1. The van der Waals surface area contributed by atoms with Crippen LogP contribution < -0.4 is 10.1 Å². The first-order chi connectivity index (χ1) is 9.60. The summed E-state index contributed by atoms with van der Waals surface area (Å²) < 4.78 is 9.89. The molecule has 0 spiro atoms. The van der Waals surface area contributed by atoms with Crippen LogP contribution in [0.2, 0.25) is 0 Å². The van der Waals surface area contributed by atoms with Gasteiger partial charge in [-0.25, -0.2) is 0 Å². The van der Waals surface area contributed by atoms with Crippen LogP contribution in [0.5, 0.6) is 5.88 Å². The van der Waals surface area contributed by atoms with Crippen molar-refractivity contribution in [3.05, 3.63) is 34.0 Å². The Morgan fingerprint density at radius 2 is 2.25 bits per heavy atom. The maximum absolute atomic E-state index is 10.9. The standard InChI is InChI=1S/C11H13N5O4/c1-7-13-10(20-15-7)5-6-12-11-8(16(17)18)3-4-9(14-11)19-2/h3-4H,5-6H2,1-2H3,(H,12,14). The first-order valence-corrected chi connectivity index (χ1v) is 5.82. The molecule has 2 heterocycles. The molecular formula is C11H13N5O4. The molecule has 1 N–H and O–H groups in total. The fourth-order valence-electron chi connectivity index (χ4n) is 1.55. The second kappa shape index (κ2) is 5.95. The molecule has 0 bridgehead atoms. The smallest absolute Gasteiger partial charge is 0.311 e. The molecule has 0 atom stereocenters. The van der Waals surface area contributed by atoms with Gasteiger partial charge in [0.05, 0.1) is 12.0 Å². The summed E-state index contributed by atoms with van der Waals surface area (Å²) in [5.74, 6) is 1.45. The van der Waals surface area contributed by atoms with Gasteiger partial charge in [-0.1, -0.05) is 5.16 Å². The van der Waals surface area contributed by atoms with Crippen LogP contribution in [-0.4, -0.2) is 33.7 Å². The van der Waals surface area contributed by atoms with Crippen LogP contribution in [0.25, 0.3) is 0 Å². The Morgan fingerprint density at radius 1 is 1.45 bits per heavy atom. The van der Waals surface area contributed by atoms with Gasteiger partial charge in [0.2, 0.25) is 17.6 Å². The molecule has 9 nitrogen and oxygen atoms in total. The number of aryl methyl sites for hydroxylation is 1. The number of nitrogens with zero attached hydrogens (tertiary/aromatic N) is 4. The van der Waals surface area contributed by atoms with Crippen molar-refractivity contribution in [2.45, 2.75) is 13.3 Å². The van der Waals surface area contributed by atoms with Gasteiger partial charge < -0.3 is 14.6 Å². The second-order valence-corrected chi connectivity index (χ2v) is 3.89. The minimum atomic E-state index is -0.508. The van der Waals surface area contributed by atoms with Gasteiger partial charge in [0.25, 0.3) is 0 Å². The van der Waals surface area contributed by atoms with Crippen molar-refractivity contribution < 1.29 is 14.2 Å². The zero-order valence-corrected chi connectivity index (χ0v) is 11.0. The monoisotopic (exact) mass is 279 g/mol. The van der Waals surface area contributed by atoms with Crippen molar-refractivity contribution in [1.29, 1.82) is 0 Å². The third kappa shape index (κ3) is 3.19. The van der Waals surface area contributed by atoms with Gasteiger partial charge >= 0.3 is 5.69 Å². The fourth-order valence-corrected chi connectivity index (χ4v) is 1.55. The molecule has 0 aromatic carbocycles. The van der Waals surface area contributed by atoms with Gasteiger partial charge in [-0.3, -0.25) is 10.1 Å². The largest absolute Gasteiger partial charge is 0.481 e. The molecule has 0 aliphatic carbocycles. The molecule has 2 aromatic heterocycles. The summed E-state index contributed by atoms with van der Waals surface area (Å²) in [4.78, 5) is 18.4. The van der Waals surface area contributed by atoms with Gasteiger partial charge in [-0.15, -0.1) is 0 Å². The molecule has 0 unspecified atom stereocenters. The molecule has 0 amide bonds. The molecule has 20 heavy (non-hydrogen) atoms. The van der Waals surface area contributed by atoms with Crippen LogP contribution in [0.4, 0.5) is 11.5 Å². The molecule has 106 valence electrons. The number of nitro groups is 1. The van der Waals surface area contributed by atoms with Gasteiger partial charge in [0, 0.05) is 25.1 Å². The Bertz CT molecular complexity index is 613. The lowest BCUT2D eigenvalue weighted by molar-refractivity contribution is -0.384. The predicted molar refractivity (Wildman–Crippen MR) is 68.7 cm³/mol. The maximum Gasteiger partial charge on any atom is 0.311 e. The zero-order chi connectivity index (χ0) is 14.5. The number of rotatable bonds is 6.